The number of aromatic nitrogens is 1. The summed E-state index contributed by atoms with van der Waals surface area (Å²) in [7, 11) is 0. The molecule has 5 heteroatoms. The van der Waals surface area contributed by atoms with E-state index in [4.69, 9.17) is 4.74 Å². The van der Waals surface area contributed by atoms with Gasteiger partial charge in [0, 0.05) is 43.1 Å². The Morgan fingerprint density at radius 2 is 2.00 bits per heavy atom. The van der Waals surface area contributed by atoms with Crippen LogP contribution in [-0.2, 0) is 17.8 Å². The van der Waals surface area contributed by atoms with E-state index in [1.165, 1.54) is 6.42 Å². The second kappa shape index (κ2) is 9.20. The van der Waals surface area contributed by atoms with Crippen LogP contribution >= 0.6 is 0 Å². The van der Waals surface area contributed by atoms with E-state index in [9.17, 15) is 4.79 Å². The van der Waals surface area contributed by atoms with Gasteiger partial charge in [-0.25, -0.2) is 0 Å². The van der Waals surface area contributed by atoms with Gasteiger partial charge in [-0.1, -0.05) is 24.3 Å². The maximum absolute atomic E-state index is 13.1. The molecule has 3 heterocycles. The monoisotopic (exact) mass is 379 g/mol. The summed E-state index contributed by atoms with van der Waals surface area (Å²) in [5, 5.41) is 0. The van der Waals surface area contributed by atoms with Crippen LogP contribution < -0.4 is 4.74 Å². The number of ether oxygens (including phenoxy) is 1. The Bertz CT molecular complexity index is 780. The fourth-order valence-corrected chi connectivity index (χ4v) is 4.29. The lowest BCUT2D eigenvalue weighted by molar-refractivity contribution is -0.136. The highest BCUT2D eigenvalue weighted by Crippen LogP contribution is 2.24. The minimum atomic E-state index is 0.255. The Labute approximate surface area is 167 Å². The van der Waals surface area contributed by atoms with Crippen molar-refractivity contribution >= 4 is 5.91 Å². The minimum Gasteiger partial charge on any atom is -0.492 e. The summed E-state index contributed by atoms with van der Waals surface area (Å²) < 4.78 is 5.84. The summed E-state index contributed by atoms with van der Waals surface area (Å²) in [6.45, 7) is 3.54. The molecule has 28 heavy (non-hydrogen) atoms. The van der Waals surface area contributed by atoms with Gasteiger partial charge >= 0.3 is 0 Å². The molecule has 1 saturated heterocycles. The average Bonchev–Trinajstić information content (AvgIpc) is 2.95. The highest BCUT2D eigenvalue weighted by molar-refractivity contribution is 5.78. The Hall–Kier alpha value is -2.40. The number of hydrogen-bond donors (Lipinski definition) is 0. The molecule has 5 nitrogen and oxygen atoms in total. The first-order chi connectivity index (χ1) is 13.8. The molecule has 0 N–H and O–H groups in total. The SMILES string of the molecule is O=C(CN1CCOc2ccccc2C1)N1CCCCC1CCc1ccccn1. The van der Waals surface area contributed by atoms with Crippen LogP contribution in [0.3, 0.4) is 0 Å². The van der Waals surface area contributed by atoms with Crippen molar-refractivity contribution in [2.45, 2.75) is 44.7 Å². The van der Waals surface area contributed by atoms with Gasteiger partial charge in [-0.15, -0.1) is 0 Å². The molecule has 0 saturated carbocycles. The van der Waals surface area contributed by atoms with Crippen molar-refractivity contribution < 1.29 is 9.53 Å². The molecule has 1 atom stereocenters. The van der Waals surface area contributed by atoms with Gasteiger partial charge in [-0.3, -0.25) is 14.7 Å². The van der Waals surface area contributed by atoms with Crippen LogP contribution in [0.2, 0.25) is 0 Å². The Morgan fingerprint density at radius 1 is 1.11 bits per heavy atom. The Balaban J connectivity index is 1.36. The number of carbonyl (C=O) groups excluding carboxylic acids is 1. The van der Waals surface area contributed by atoms with Crippen LogP contribution in [0.5, 0.6) is 5.75 Å². The lowest BCUT2D eigenvalue weighted by atomic mass is 9.97. The largest absolute Gasteiger partial charge is 0.492 e. The molecule has 2 aliphatic rings. The quantitative estimate of drug-likeness (QED) is 0.800. The van der Waals surface area contributed by atoms with Crippen LogP contribution in [0.15, 0.2) is 48.7 Å². The average molecular weight is 380 g/mol. The van der Waals surface area contributed by atoms with E-state index in [2.05, 4.69) is 26.9 Å². The summed E-state index contributed by atoms with van der Waals surface area (Å²) in [5.74, 6) is 1.20. The number of nitrogens with zero attached hydrogens (tertiary/aromatic N) is 3. The van der Waals surface area contributed by atoms with E-state index in [-0.39, 0.29) is 5.91 Å². The second-order valence-electron chi connectivity index (χ2n) is 7.76. The highest BCUT2D eigenvalue weighted by atomic mass is 16.5. The molecule has 0 aliphatic carbocycles. The molecule has 1 aromatic carbocycles. The van der Waals surface area contributed by atoms with Crippen molar-refractivity contribution in [3.05, 3.63) is 59.9 Å². The number of rotatable bonds is 5. The maximum Gasteiger partial charge on any atom is 0.237 e. The predicted octanol–water partition coefficient (Wildman–Crippen LogP) is 3.29. The number of hydrogen-bond acceptors (Lipinski definition) is 4. The van der Waals surface area contributed by atoms with Crippen molar-refractivity contribution in [2.75, 3.05) is 26.2 Å². The van der Waals surface area contributed by atoms with Gasteiger partial charge in [-0.2, -0.15) is 0 Å². The van der Waals surface area contributed by atoms with Gasteiger partial charge in [0.25, 0.3) is 0 Å². The number of piperidine rings is 1. The van der Waals surface area contributed by atoms with E-state index in [0.717, 1.165) is 62.3 Å². The fraction of sp³-hybridized carbons (Fsp3) is 0.478. The first kappa shape index (κ1) is 18.9. The van der Waals surface area contributed by atoms with Crippen molar-refractivity contribution in [3.63, 3.8) is 0 Å². The lowest BCUT2D eigenvalue weighted by Crippen LogP contribution is -2.48. The third kappa shape index (κ3) is 4.71. The molecule has 1 aromatic heterocycles. The number of pyridine rings is 1. The summed E-state index contributed by atoms with van der Waals surface area (Å²) in [5.41, 5.74) is 2.28. The number of benzene rings is 1. The van der Waals surface area contributed by atoms with Crippen molar-refractivity contribution in [3.8, 4) is 5.75 Å². The molecule has 4 rings (SSSR count). The van der Waals surface area contributed by atoms with Crippen molar-refractivity contribution in [2.24, 2.45) is 0 Å². The van der Waals surface area contributed by atoms with Crippen LogP contribution in [0.25, 0.3) is 0 Å². The minimum absolute atomic E-state index is 0.255. The molecule has 0 radical (unpaired) electrons. The highest BCUT2D eigenvalue weighted by Gasteiger charge is 2.28. The van der Waals surface area contributed by atoms with Gasteiger partial charge in [0.05, 0.1) is 6.54 Å². The van der Waals surface area contributed by atoms with Crippen LogP contribution in [-0.4, -0.2) is 53.0 Å². The summed E-state index contributed by atoms with van der Waals surface area (Å²) >= 11 is 0. The first-order valence-electron chi connectivity index (χ1n) is 10.4. The standard InChI is InChI=1S/C23H29N3O2/c27-23(18-25-15-16-28-22-10-2-1-7-19(22)17-25)26-14-6-4-9-21(26)12-11-20-8-3-5-13-24-20/h1-3,5,7-8,10,13,21H,4,6,9,11-12,14-18H2. The van der Waals surface area contributed by atoms with E-state index in [0.29, 0.717) is 19.2 Å². The van der Waals surface area contributed by atoms with Gasteiger partial charge in [0.1, 0.15) is 12.4 Å². The summed E-state index contributed by atoms with van der Waals surface area (Å²) in [4.78, 5) is 21.9. The van der Waals surface area contributed by atoms with E-state index in [1.807, 2.05) is 36.5 Å². The zero-order valence-electron chi connectivity index (χ0n) is 16.4. The van der Waals surface area contributed by atoms with E-state index < -0.39 is 0 Å². The predicted molar refractivity (Wildman–Crippen MR) is 109 cm³/mol. The van der Waals surface area contributed by atoms with E-state index in [1.54, 1.807) is 0 Å². The zero-order chi connectivity index (χ0) is 19.2. The van der Waals surface area contributed by atoms with Gasteiger partial charge < -0.3 is 9.64 Å². The molecule has 0 spiro atoms. The van der Waals surface area contributed by atoms with E-state index >= 15 is 0 Å². The fourth-order valence-electron chi connectivity index (χ4n) is 4.29. The van der Waals surface area contributed by atoms with Gasteiger partial charge in [0.15, 0.2) is 0 Å². The normalized spacial score (nSPS) is 20.1. The second-order valence-corrected chi connectivity index (χ2v) is 7.76. The molecular weight excluding hydrogens is 350 g/mol. The number of aryl methyl sites for hydroxylation is 1. The van der Waals surface area contributed by atoms with Crippen LogP contribution in [0.4, 0.5) is 0 Å². The van der Waals surface area contributed by atoms with Crippen molar-refractivity contribution in [1.82, 2.24) is 14.8 Å². The van der Waals surface area contributed by atoms with Gasteiger partial charge in [-0.05, 0) is 50.3 Å². The number of para-hydroxylation sites is 1. The maximum atomic E-state index is 13.1. The number of amides is 1. The molecule has 2 aliphatic heterocycles. The molecule has 148 valence electrons. The molecular formula is C23H29N3O2. The topological polar surface area (TPSA) is 45.7 Å². The number of likely N-dealkylation sites (tertiary alicyclic amines) is 1. The third-order valence-electron chi connectivity index (χ3n) is 5.80. The van der Waals surface area contributed by atoms with Crippen LogP contribution in [0.1, 0.15) is 36.9 Å². The molecule has 1 fully saturated rings. The zero-order valence-corrected chi connectivity index (χ0v) is 16.4. The van der Waals surface area contributed by atoms with Crippen molar-refractivity contribution in [1.29, 1.82) is 0 Å². The molecule has 0 bridgehead atoms. The molecule has 1 amide bonds. The molecule has 2 aromatic rings. The Kier molecular flexibility index (Phi) is 6.22. The smallest absolute Gasteiger partial charge is 0.237 e. The lowest BCUT2D eigenvalue weighted by Gasteiger charge is -2.37. The van der Waals surface area contributed by atoms with Crippen LogP contribution in [0, 0.1) is 0 Å². The Morgan fingerprint density at radius 3 is 2.89 bits per heavy atom. The third-order valence-corrected chi connectivity index (χ3v) is 5.80. The first-order valence-corrected chi connectivity index (χ1v) is 10.4. The summed E-state index contributed by atoms with van der Waals surface area (Å²) in [6, 6.07) is 14.5. The number of carbonyl (C=O) groups is 1. The molecule has 1 unspecified atom stereocenters. The van der Waals surface area contributed by atoms with Gasteiger partial charge in [0.2, 0.25) is 5.91 Å². The number of fused-ring (bicyclic) bond motifs is 1. The summed E-state index contributed by atoms with van der Waals surface area (Å²) in [6.07, 6.45) is 7.19.